The molecule has 0 spiro atoms. The molecule has 0 aliphatic rings. The average Bonchev–Trinajstić information content (AvgIpc) is 2.88. The summed E-state index contributed by atoms with van der Waals surface area (Å²) in [6.45, 7) is 0.136. The first-order valence-electron chi connectivity index (χ1n) is 7.12. The van der Waals surface area contributed by atoms with Gasteiger partial charge in [-0.05, 0) is 29.8 Å². The van der Waals surface area contributed by atoms with Crippen LogP contribution in [0.3, 0.4) is 0 Å². The summed E-state index contributed by atoms with van der Waals surface area (Å²) in [6.07, 6.45) is 0. The van der Waals surface area contributed by atoms with Crippen molar-refractivity contribution >= 4 is 22.5 Å². The lowest BCUT2D eigenvalue weighted by atomic mass is 10.2. The number of fused-ring (bicyclic) bond motifs is 3. The number of halogens is 2. The highest BCUT2D eigenvalue weighted by molar-refractivity contribution is 5.81. The van der Waals surface area contributed by atoms with Gasteiger partial charge in [0.05, 0.1) is 17.6 Å². The predicted molar refractivity (Wildman–Crippen MR) is 84.6 cm³/mol. The molecule has 0 saturated carbocycles. The topological polar surface area (TPSA) is 78.2 Å². The second kappa shape index (κ2) is 5.12. The number of nitrogens with zero attached hydrogens (tertiary/aromatic N) is 4. The summed E-state index contributed by atoms with van der Waals surface area (Å²) in [5, 5.41) is 4.17. The summed E-state index contributed by atoms with van der Waals surface area (Å²) in [6, 6.07) is 9.63. The SMILES string of the molecule is Nc1nc2ccc(F)cc2n2c(=O)n(Cc3ccc(F)cc3)nc12. The smallest absolute Gasteiger partial charge is 0.351 e. The van der Waals surface area contributed by atoms with E-state index in [0.29, 0.717) is 11.1 Å². The van der Waals surface area contributed by atoms with Crippen LogP contribution >= 0.6 is 0 Å². The van der Waals surface area contributed by atoms with Crippen LogP contribution in [0.2, 0.25) is 0 Å². The highest BCUT2D eigenvalue weighted by Gasteiger charge is 2.15. The molecule has 4 aromatic rings. The molecule has 8 heteroatoms. The van der Waals surface area contributed by atoms with Crippen molar-refractivity contribution in [3.05, 3.63) is 70.1 Å². The minimum Gasteiger partial charge on any atom is -0.381 e. The highest BCUT2D eigenvalue weighted by atomic mass is 19.1. The maximum absolute atomic E-state index is 13.6. The third kappa shape index (κ3) is 2.19. The lowest BCUT2D eigenvalue weighted by Crippen LogP contribution is -2.22. The molecule has 0 unspecified atom stereocenters. The molecular formula is C16H11F2N5O. The Morgan fingerprint density at radius 2 is 1.75 bits per heavy atom. The molecule has 6 nitrogen and oxygen atoms in total. The monoisotopic (exact) mass is 327 g/mol. The van der Waals surface area contributed by atoms with E-state index >= 15 is 0 Å². The van der Waals surface area contributed by atoms with Gasteiger partial charge in [0.2, 0.25) is 5.65 Å². The van der Waals surface area contributed by atoms with E-state index in [0.717, 1.165) is 0 Å². The third-order valence-corrected chi connectivity index (χ3v) is 3.73. The Balaban J connectivity index is 1.95. The van der Waals surface area contributed by atoms with E-state index < -0.39 is 11.5 Å². The summed E-state index contributed by atoms with van der Waals surface area (Å²) in [7, 11) is 0. The lowest BCUT2D eigenvalue weighted by Gasteiger charge is -2.02. The van der Waals surface area contributed by atoms with Crippen LogP contribution in [0, 0.1) is 11.6 Å². The maximum atomic E-state index is 13.6. The van der Waals surface area contributed by atoms with Gasteiger partial charge in [-0.25, -0.2) is 27.6 Å². The molecule has 0 aliphatic heterocycles. The fraction of sp³-hybridized carbons (Fsp3) is 0.0625. The van der Waals surface area contributed by atoms with Gasteiger partial charge >= 0.3 is 5.69 Å². The molecule has 0 aliphatic carbocycles. The van der Waals surface area contributed by atoms with Gasteiger partial charge in [-0.3, -0.25) is 0 Å². The molecular weight excluding hydrogens is 316 g/mol. The largest absolute Gasteiger partial charge is 0.381 e. The summed E-state index contributed by atoms with van der Waals surface area (Å²) in [4.78, 5) is 16.8. The quantitative estimate of drug-likeness (QED) is 0.610. The van der Waals surface area contributed by atoms with Crippen LogP contribution in [0.25, 0.3) is 16.7 Å². The van der Waals surface area contributed by atoms with Crippen LogP contribution in [0.1, 0.15) is 5.56 Å². The number of hydrogen-bond donors (Lipinski definition) is 1. The Bertz CT molecular complexity index is 1130. The number of nitrogens with two attached hydrogens (primary N) is 1. The van der Waals surface area contributed by atoms with Gasteiger partial charge in [-0.1, -0.05) is 12.1 Å². The molecule has 0 fully saturated rings. The minimum absolute atomic E-state index is 0.0732. The number of hydrogen-bond acceptors (Lipinski definition) is 4. The highest BCUT2D eigenvalue weighted by Crippen LogP contribution is 2.18. The van der Waals surface area contributed by atoms with Crippen LogP contribution in [-0.4, -0.2) is 19.2 Å². The Morgan fingerprint density at radius 3 is 2.50 bits per heavy atom. The zero-order valence-corrected chi connectivity index (χ0v) is 12.3. The Labute approximate surface area is 133 Å². The van der Waals surface area contributed by atoms with Gasteiger partial charge in [0.1, 0.15) is 11.6 Å². The molecule has 24 heavy (non-hydrogen) atoms. The second-order valence-corrected chi connectivity index (χ2v) is 5.36. The fourth-order valence-corrected chi connectivity index (χ4v) is 2.61. The normalized spacial score (nSPS) is 11.4. The van der Waals surface area contributed by atoms with Crippen molar-refractivity contribution < 1.29 is 8.78 Å². The molecule has 2 N–H and O–H groups in total. The molecule has 4 rings (SSSR count). The number of anilines is 1. The summed E-state index contributed by atoms with van der Waals surface area (Å²) >= 11 is 0. The number of aromatic nitrogens is 4. The van der Waals surface area contributed by atoms with E-state index in [1.807, 2.05) is 0 Å². The molecule has 2 heterocycles. The van der Waals surface area contributed by atoms with Crippen LogP contribution in [0.15, 0.2) is 47.3 Å². The summed E-state index contributed by atoms with van der Waals surface area (Å²) in [5.41, 5.74) is 6.92. The fourth-order valence-electron chi connectivity index (χ4n) is 2.61. The number of benzene rings is 2. The van der Waals surface area contributed by atoms with Gasteiger partial charge in [0.15, 0.2) is 5.82 Å². The molecule has 0 saturated heterocycles. The van der Waals surface area contributed by atoms with Gasteiger partial charge in [0, 0.05) is 6.07 Å². The van der Waals surface area contributed by atoms with Gasteiger partial charge in [-0.2, -0.15) is 0 Å². The molecule has 0 radical (unpaired) electrons. The first-order chi connectivity index (χ1) is 11.5. The van der Waals surface area contributed by atoms with Gasteiger partial charge in [0.25, 0.3) is 0 Å². The van der Waals surface area contributed by atoms with Crippen LogP contribution < -0.4 is 11.4 Å². The summed E-state index contributed by atoms with van der Waals surface area (Å²) < 4.78 is 29.0. The van der Waals surface area contributed by atoms with E-state index in [1.54, 1.807) is 12.1 Å². The van der Waals surface area contributed by atoms with Crippen LogP contribution in [0.5, 0.6) is 0 Å². The average molecular weight is 327 g/mol. The second-order valence-electron chi connectivity index (χ2n) is 5.36. The molecule has 0 bridgehead atoms. The van der Waals surface area contributed by atoms with Crippen molar-refractivity contribution in [3.63, 3.8) is 0 Å². The first kappa shape index (κ1) is 14.3. The minimum atomic E-state index is -0.492. The third-order valence-electron chi connectivity index (χ3n) is 3.73. The zero-order chi connectivity index (χ0) is 16.8. The molecule has 120 valence electrons. The van der Waals surface area contributed by atoms with E-state index in [-0.39, 0.29) is 29.3 Å². The van der Waals surface area contributed by atoms with E-state index in [9.17, 15) is 13.6 Å². The van der Waals surface area contributed by atoms with Crippen molar-refractivity contribution in [2.75, 3.05) is 5.73 Å². The van der Waals surface area contributed by atoms with Crippen molar-refractivity contribution in [1.29, 1.82) is 0 Å². The Hall–Kier alpha value is -3.29. The van der Waals surface area contributed by atoms with Crippen LogP contribution in [0.4, 0.5) is 14.6 Å². The molecule has 0 atom stereocenters. The van der Waals surface area contributed by atoms with E-state index in [2.05, 4.69) is 10.1 Å². The zero-order valence-electron chi connectivity index (χ0n) is 12.3. The van der Waals surface area contributed by atoms with Crippen molar-refractivity contribution in [1.82, 2.24) is 19.2 Å². The lowest BCUT2D eigenvalue weighted by molar-refractivity contribution is 0.622. The Morgan fingerprint density at radius 1 is 1.04 bits per heavy atom. The van der Waals surface area contributed by atoms with Crippen molar-refractivity contribution in [2.45, 2.75) is 6.54 Å². The van der Waals surface area contributed by atoms with Crippen molar-refractivity contribution in [2.24, 2.45) is 0 Å². The molecule has 2 aromatic heterocycles. The van der Waals surface area contributed by atoms with E-state index in [1.165, 1.54) is 39.4 Å². The molecule has 2 aromatic carbocycles. The standard InChI is InChI=1S/C16H11F2N5O/c17-10-3-1-9(2-4-10)8-22-16(24)23-13-7-11(18)5-6-12(13)20-14(19)15(23)21-22/h1-7H,8H2,(H2,19,20). The first-order valence-corrected chi connectivity index (χ1v) is 7.12. The Kier molecular flexibility index (Phi) is 3.05. The number of nitrogen functional groups attached to an aromatic ring is 1. The molecule has 0 amide bonds. The number of rotatable bonds is 2. The van der Waals surface area contributed by atoms with Gasteiger partial charge < -0.3 is 5.73 Å². The predicted octanol–water partition coefficient (Wildman–Crippen LogP) is 1.95. The van der Waals surface area contributed by atoms with Crippen LogP contribution in [-0.2, 0) is 6.54 Å². The summed E-state index contributed by atoms with van der Waals surface area (Å²) in [5.74, 6) is -0.784. The van der Waals surface area contributed by atoms with Gasteiger partial charge in [-0.15, -0.1) is 5.10 Å². The van der Waals surface area contributed by atoms with E-state index in [4.69, 9.17) is 5.73 Å². The maximum Gasteiger partial charge on any atom is 0.351 e. The van der Waals surface area contributed by atoms with Crippen molar-refractivity contribution in [3.8, 4) is 0 Å².